The number of fused-ring (bicyclic) bond motifs is 2. The monoisotopic (exact) mass is 322 g/mol. The van der Waals surface area contributed by atoms with Crippen LogP contribution in [0.2, 0.25) is 0 Å². The first-order chi connectivity index (χ1) is 11.8. The van der Waals surface area contributed by atoms with E-state index in [9.17, 15) is 4.79 Å². The highest BCUT2D eigenvalue weighted by Crippen LogP contribution is 2.32. The van der Waals surface area contributed by atoms with Crippen molar-refractivity contribution >= 4 is 17.7 Å². The number of benzene rings is 1. The molecular formula is C18H14N2O4. The van der Waals surface area contributed by atoms with E-state index in [0.29, 0.717) is 17.2 Å². The summed E-state index contributed by atoms with van der Waals surface area (Å²) in [5.74, 6) is 0.960. The van der Waals surface area contributed by atoms with E-state index in [0.717, 1.165) is 11.2 Å². The second-order valence-electron chi connectivity index (χ2n) is 5.25. The minimum atomic E-state index is -0.426. The van der Waals surface area contributed by atoms with E-state index >= 15 is 0 Å². The Kier molecular flexibility index (Phi) is 3.63. The Hall–Kier alpha value is -3.28. The third kappa shape index (κ3) is 2.94. The molecule has 6 heteroatoms. The zero-order valence-electron chi connectivity index (χ0n) is 12.7. The Bertz CT molecular complexity index is 897. The molecule has 0 spiro atoms. The van der Waals surface area contributed by atoms with E-state index in [-0.39, 0.29) is 13.4 Å². The van der Waals surface area contributed by atoms with Crippen LogP contribution in [0.3, 0.4) is 0 Å². The lowest BCUT2D eigenvalue weighted by Crippen LogP contribution is -2.00. The van der Waals surface area contributed by atoms with Crippen molar-refractivity contribution in [2.24, 2.45) is 0 Å². The molecule has 0 amide bonds. The average Bonchev–Trinajstić information content (AvgIpc) is 3.23. The molecule has 2 aromatic heterocycles. The number of carbonyl (C=O) groups is 1. The van der Waals surface area contributed by atoms with Gasteiger partial charge in [0.25, 0.3) is 0 Å². The van der Waals surface area contributed by atoms with E-state index < -0.39 is 5.97 Å². The molecule has 1 aliphatic rings. The molecule has 3 heterocycles. The third-order valence-electron chi connectivity index (χ3n) is 3.58. The molecule has 3 aromatic rings. The van der Waals surface area contributed by atoms with Gasteiger partial charge < -0.3 is 18.6 Å². The summed E-state index contributed by atoms with van der Waals surface area (Å²) in [4.78, 5) is 16.2. The lowest BCUT2D eigenvalue weighted by atomic mass is 10.2. The fourth-order valence-corrected chi connectivity index (χ4v) is 2.43. The highest BCUT2D eigenvalue weighted by Gasteiger charge is 2.12. The van der Waals surface area contributed by atoms with Crippen molar-refractivity contribution in [1.29, 1.82) is 0 Å². The molecule has 4 rings (SSSR count). The third-order valence-corrected chi connectivity index (χ3v) is 3.58. The summed E-state index contributed by atoms with van der Waals surface area (Å²) in [7, 11) is 0. The summed E-state index contributed by atoms with van der Waals surface area (Å²) >= 11 is 0. The molecule has 24 heavy (non-hydrogen) atoms. The standard InChI is InChI=1S/C18H14N2O4/c21-18(7-5-13-4-6-15-16(9-13)24-12-23-15)22-11-14-10-20-8-2-1-3-17(20)19-14/h1-10H,11-12H2/b7-5+. The number of pyridine rings is 1. The predicted molar refractivity (Wildman–Crippen MR) is 86.6 cm³/mol. The number of esters is 1. The van der Waals surface area contributed by atoms with Crippen LogP contribution in [0.25, 0.3) is 11.7 Å². The van der Waals surface area contributed by atoms with Crippen molar-refractivity contribution in [2.75, 3.05) is 6.79 Å². The number of aromatic nitrogens is 2. The maximum absolute atomic E-state index is 11.8. The van der Waals surface area contributed by atoms with E-state index in [4.69, 9.17) is 14.2 Å². The van der Waals surface area contributed by atoms with Crippen LogP contribution >= 0.6 is 0 Å². The molecule has 6 nitrogen and oxygen atoms in total. The largest absolute Gasteiger partial charge is 0.456 e. The molecule has 0 atom stereocenters. The number of carbonyl (C=O) groups excluding carboxylic acids is 1. The lowest BCUT2D eigenvalue weighted by Gasteiger charge is -1.99. The Morgan fingerprint density at radius 2 is 2.17 bits per heavy atom. The molecule has 1 aromatic carbocycles. The van der Waals surface area contributed by atoms with Crippen LogP contribution in [0.4, 0.5) is 0 Å². The van der Waals surface area contributed by atoms with Crippen molar-refractivity contribution < 1.29 is 19.0 Å². The molecule has 0 aliphatic carbocycles. The molecule has 0 bridgehead atoms. The normalized spacial score (nSPS) is 12.8. The number of hydrogen-bond donors (Lipinski definition) is 0. The zero-order valence-corrected chi connectivity index (χ0v) is 12.7. The van der Waals surface area contributed by atoms with Crippen LogP contribution in [0.1, 0.15) is 11.3 Å². The van der Waals surface area contributed by atoms with Crippen LogP contribution in [0, 0.1) is 0 Å². The van der Waals surface area contributed by atoms with Gasteiger partial charge in [0, 0.05) is 18.5 Å². The van der Waals surface area contributed by atoms with Crippen molar-refractivity contribution in [3.63, 3.8) is 0 Å². The molecule has 0 unspecified atom stereocenters. The smallest absolute Gasteiger partial charge is 0.331 e. The lowest BCUT2D eigenvalue weighted by molar-refractivity contribution is -0.139. The minimum absolute atomic E-state index is 0.131. The van der Waals surface area contributed by atoms with Gasteiger partial charge in [0.2, 0.25) is 6.79 Å². The van der Waals surface area contributed by atoms with Crippen molar-refractivity contribution in [1.82, 2.24) is 9.38 Å². The Balaban J connectivity index is 1.37. The van der Waals surface area contributed by atoms with Crippen LogP contribution < -0.4 is 9.47 Å². The van der Waals surface area contributed by atoms with E-state index in [1.165, 1.54) is 6.08 Å². The number of hydrogen-bond acceptors (Lipinski definition) is 5. The van der Waals surface area contributed by atoms with Crippen LogP contribution in [-0.4, -0.2) is 22.1 Å². The van der Waals surface area contributed by atoms with Gasteiger partial charge in [-0.25, -0.2) is 9.78 Å². The highest BCUT2D eigenvalue weighted by molar-refractivity contribution is 5.87. The zero-order chi connectivity index (χ0) is 16.4. The van der Waals surface area contributed by atoms with E-state index in [1.807, 2.05) is 53.2 Å². The number of nitrogens with zero attached hydrogens (tertiary/aromatic N) is 2. The first-order valence-corrected chi connectivity index (χ1v) is 7.45. The summed E-state index contributed by atoms with van der Waals surface area (Å²) in [5, 5.41) is 0. The maximum Gasteiger partial charge on any atom is 0.331 e. The van der Waals surface area contributed by atoms with Crippen LogP contribution in [0.15, 0.2) is 54.9 Å². The molecule has 0 N–H and O–H groups in total. The second-order valence-corrected chi connectivity index (χ2v) is 5.25. The van der Waals surface area contributed by atoms with Crippen molar-refractivity contribution in [3.05, 3.63) is 66.1 Å². The van der Waals surface area contributed by atoms with Gasteiger partial charge in [-0.1, -0.05) is 12.1 Å². The first kappa shape index (κ1) is 14.3. The summed E-state index contributed by atoms with van der Waals surface area (Å²) in [6, 6.07) is 11.2. The maximum atomic E-state index is 11.8. The van der Waals surface area contributed by atoms with Gasteiger partial charge >= 0.3 is 5.97 Å². The average molecular weight is 322 g/mol. The number of rotatable bonds is 4. The summed E-state index contributed by atoms with van der Waals surface area (Å²) in [5.41, 5.74) is 2.36. The summed E-state index contributed by atoms with van der Waals surface area (Å²) in [6.07, 6.45) is 6.79. The molecular weight excluding hydrogens is 308 g/mol. The fourth-order valence-electron chi connectivity index (χ4n) is 2.43. The molecule has 0 fully saturated rings. The molecule has 1 aliphatic heterocycles. The minimum Gasteiger partial charge on any atom is -0.456 e. The quantitative estimate of drug-likeness (QED) is 0.546. The van der Waals surface area contributed by atoms with Crippen molar-refractivity contribution in [2.45, 2.75) is 6.61 Å². The van der Waals surface area contributed by atoms with Gasteiger partial charge in [0.1, 0.15) is 12.3 Å². The molecule has 0 saturated heterocycles. The molecule has 0 saturated carbocycles. The predicted octanol–water partition coefficient (Wildman–Crippen LogP) is 2.82. The van der Waals surface area contributed by atoms with Crippen molar-refractivity contribution in [3.8, 4) is 11.5 Å². The second kappa shape index (κ2) is 6.08. The van der Waals surface area contributed by atoms with E-state index in [1.54, 1.807) is 6.08 Å². The first-order valence-electron chi connectivity index (χ1n) is 7.45. The van der Waals surface area contributed by atoms with Gasteiger partial charge in [-0.2, -0.15) is 0 Å². The molecule has 120 valence electrons. The summed E-state index contributed by atoms with van der Waals surface area (Å²) in [6.45, 7) is 0.357. The van der Waals surface area contributed by atoms with Gasteiger partial charge in [-0.15, -0.1) is 0 Å². The topological polar surface area (TPSA) is 62.1 Å². The number of imidazole rings is 1. The van der Waals surface area contributed by atoms with Gasteiger partial charge in [-0.3, -0.25) is 0 Å². The highest BCUT2D eigenvalue weighted by atomic mass is 16.7. The molecule has 0 radical (unpaired) electrons. The summed E-state index contributed by atoms with van der Waals surface area (Å²) < 4.78 is 17.6. The van der Waals surface area contributed by atoms with E-state index in [2.05, 4.69) is 4.98 Å². The van der Waals surface area contributed by atoms with Crippen LogP contribution in [-0.2, 0) is 16.1 Å². The van der Waals surface area contributed by atoms with Crippen LogP contribution in [0.5, 0.6) is 11.5 Å². The Morgan fingerprint density at radius 1 is 1.25 bits per heavy atom. The fraction of sp³-hybridized carbons (Fsp3) is 0.111. The SMILES string of the molecule is O=C(/C=C/c1ccc2c(c1)OCO2)OCc1cn2ccccc2n1. The number of ether oxygens (including phenoxy) is 3. The Labute approximate surface area is 137 Å². The van der Waals surface area contributed by atoms with Gasteiger partial charge in [0.05, 0.1) is 5.69 Å². The Morgan fingerprint density at radius 3 is 3.08 bits per heavy atom. The van der Waals surface area contributed by atoms with Gasteiger partial charge in [0.15, 0.2) is 11.5 Å². The van der Waals surface area contributed by atoms with Gasteiger partial charge in [-0.05, 0) is 35.9 Å².